The van der Waals surface area contributed by atoms with Crippen LogP contribution in [-0.2, 0) is 13.0 Å². The summed E-state index contributed by atoms with van der Waals surface area (Å²) in [5, 5.41) is 6.93. The molecule has 1 aliphatic rings. The van der Waals surface area contributed by atoms with Gasteiger partial charge in [0.25, 0.3) is 0 Å². The Balaban J connectivity index is 1.54. The van der Waals surface area contributed by atoms with Crippen molar-refractivity contribution in [2.45, 2.75) is 46.2 Å². The van der Waals surface area contributed by atoms with Gasteiger partial charge in [-0.25, -0.2) is 9.98 Å². The van der Waals surface area contributed by atoms with E-state index in [2.05, 4.69) is 88.7 Å². The molecule has 1 aliphatic heterocycles. The van der Waals surface area contributed by atoms with E-state index < -0.39 is 0 Å². The minimum atomic E-state index is 0.348. The first-order valence-electron chi connectivity index (χ1n) is 11.7. The number of nitrogens with zero attached hydrogens (tertiary/aromatic N) is 4. The van der Waals surface area contributed by atoms with Gasteiger partial charge in [0.1, 0.15) is 5.82 Å². The Morgan fingerprint density at radius 1 is 1.06 bits per heavy atom. The van der Waals surface area contributed by atoms with E-state index in [1.165, 1.54) is 11.1 Å². The van der Waals surface area contributed by atoms with Crippen molar-refractivity contribution in [3.05, 3.63) is 59.8 Å². The van der Waals surface area contributed by atoms with Crippen molar-refractivity contribution in [2.75, 3.05) is 44.2 Å². The van der Waals surface area contributed by atoms with Crippen LogP contribution in [0.25, 0.3) is 0 Å². The molecule has 1 unspecified atom stereocenters. The van der Waals surface area contributed by atoms with Crippen LogP contribution in [0.15, 0.2) is 53.7 Å². The fraction of sp³-hybridized carbons (Fsp3) is 0.520. The van der Waals surface area contributed by atoms with Gasteiger partial charge in [0.05, 0.1) is 6.54 Å². The van der Waals surface area contributed by atoms with E-state index >= 15 is 0 Å². The van der Waals surface area contributed by atoms with Crippen LogP contribution in [0, 0.1) is 0 Å². The average Bonchev–Trinajstić information content (AvgIpc) is 2.82. The fourth-order valence-corrected chi connectivity index (χ4v) is 3.85. The quantitative estimate of drug-likeness (QED) is 0.480. The predicted molar refractivity (Wildman–Crippen MR) is 131 cm³/mol. The molecule has 0 bridgehead atoms. The normalized spacial score (nSPS) is 16.2. The largest absolute Gasteiger partial charge is 0.357 e. The van der Waals surface area contributed by atoms with Crippen LogP contribution in [0.1, 0.15) is 38.3 Å². The van der Waals surface area contributed by atoms with E-state index in [9.17, 15) is 0 Å². The van der Waals surface area contributed by atoms with Crippen molar-refractivity contribution in [2.24, 2.45) is 4.99 Å². The number of aromatic nitrogens is 1. The molecule has 1 aromatic carbocycles. The number of hydrogen-bond donors (Lipinski definition) is 2. The molecule has 2 N–H and O–H groups in total. The number of pyridine rings is 1. The highest BCUT2D eigenvalue weighted by Crippen LogP contribution is 2.16. The second-order valence-electron chi connectivity index (χ2n) is 8.21. The maximum atomic E-state index is 4.83. The summed E-state index contributed by atoms with van der Waals surface area (Å²) in [5.74, 6) is 1.94. The first-order valence-corrected chi connectivity index (χ1v) is 11.7. The number of aryl methyl sites for hydroxylation is 1. The Bertz CT molecular complexity index is 799. The molecule has 0 radical (unpaired) electrons. The van der Waals surface area contributed by atoms with Gasteiger partial charge in [-0.3, -0.25) is 0 Å². The maximum absolute atomic E-state index is 4.83. The zero-order valence-electron chi connectivity index (χ0n) is 19.3. The molecular formula is C25H38N6. The third-order valence-electron chi connectivity index (χ3n) is 5.81. The highest BCUT2D eigenvalue weighted by atomic mass is 15.3. The third kappa shape index (κ3) is 7.55. The third-order valence-corrected chi connectivity index (χ3v) is 5.81. The van der Waals surface area contributed by atoms with Crippen molar-refractivity contribution in [1.82, 2.24) is 20.5 Å². The first kappa shape index (κ1) is 23.1. The zero-order chi connectivity index (χ0) is 21.9. The Morgan fingerprint density at radius 3 is 2.55 bits per heavy atom. The van der Waals surface area contributed by atoms with Crippen molar-refractivity contribution in [3.8, 4) is 0 Å². The van der Waals surface area contributed by atoms with Gasteiger partial charge >= 0.3 is 0 Å². The van der Waals surface area contributed by atoms with Gasteiger partial charge in [0.2, 0.25) is 0 Å². The standard InChI is InChI=1S/C25H38N6/c1-4-26-25(29-21(3)11-12-22-9-7-6-8-10-22)28-20-23-13-14-27-24(19-23)31-17-15-30(5-2)16-18-31/h6-10,13-14,19,21H,4-5,11-12,15-18,20H2,1-3H3,(H2,26,28,29). The van der Waals surface area contributed by atoms with Crippen molar-refractivity contribution in [3.63, 3.8) is 0 Å². The second kappa shape index (κ2) is 12.3. The van der Waals surface area contributed by atoms with Crippen LogP contribution in [0.3, 0.4) is 0 Å². The Morgan fingerprint density at radius 2 is 1.84 bits per heavy atom. The fourth-order valence-electron chi connectivity index (χ4n) is 3.85. The molecule has 1 fully saturated rings. The van der Waals surface area contributed by atoms with Crippen molar-refractivity contribution in [1.29, 1.82) is 0 Å². The lowest BCUT2D eigenvalue weighted by Gasteiger charge is -2.34. The highest BCUT2D eigenvalue weighted by molar-refractivity contribution is 5.80. The van der Waals surface area contributed by atoms with Crippen LogP contribution >= 0.6 is 0 Å². The summed E-state index contributed by atoms with van der Waals surface area (Å²) in [6.07, 6.45) is 4.04. The lowest BCUT2D eigenvalue weighted by atomic mass is 10.1. The monoisotopic (exact) mass is 422 g/mol. The molecule has 1 aromatic heterocycles. The summed E-state index contributed by atoms with van der Waals surface area (Å²) >= 11 is 0. The van der Waals surface area contributed by atoms with Gasteiger partial charge in [-0.05, 0) is 56.5 Å². The smallest absolute Gasteiger partial charge is 0.191 e. The number of aliphatic imine (C=N–C) groups is 1. The average molecular weight is 423 g/mol. The van der Waals surface area contributed by atoms with Crippen LogP contribution in [-0.4, -0.2) is 61.2 Å². The number of hydrogen-bond acceptors (Lipinski definition) is 4. The van der Waals surface area contributed by atoms with E-state index in [0.29, 0.717) is 12.6 Å². The summed E-state index contributed by atoms with van der Waals surface area (Å²) in [7, 11) is 0. The molecule has 1 saturated heterocycles. The van der Waals surface area contributed by atoms with E-state index in [-0.39, 0.29) is 0 Å². The number of anilines is 1. The van der Waals surface area contributed by atoms with E-state index in [4.69, 9.17) is 4.99 Å². The summed E-state index contributed by atoms with van der Waals surface area (Å²) in [6.45, 7) is 13.5. The number of nitrogens with one attached hydrogen (secondary N) is 2. The van der Waals surface area contributed by atoms with Crippen LogP contribution in [0.4, 0.5) is 5.82 Å². The molecule has 3 rings (SSSR count). The lowest BCUT2D eigenvalue weighted by Crippen LogP contribution is -2.46. The molecule has 1 atom stereocenters. The summed E-state index contributed by atoms with van der Waals surface area (Å²) in [5.41, 5.74) is 2.57. The van der Waals surface area contributed by atoms with Gasteiger partial charge in [-0.1, -0.05) is 37.3 Å². The van der Waals surface area contributed by atoms with Gasteiger partial charge < -0.3 is 20.4 Å². The summed E-state index contributed by atoms with van der Waals surface area (Å²) in [4.78, 5) is 14.3. The topological polar surface area (TPSA) is 55.8 Å². The molecule has 2 heterocycles. The van der Waals surface area contributed by atoms with Gasteiger partial charge in [0, 0.05) is 45.0 Å². The van der Waals surface area contributed by atoms with E-state index in [1.807, 2.05) is 6.20 Å². The zero-order valence-corrected chi connectivity index (χ0v) is 19.3. The van der Waals surface area contributed by atoms with Gasteiger partial charge in [0.15, 0.2) is 5.96 Å². The Hall–Kier alpha value is -2.60. The molecule has 0 amide bonds. The van der Waals surface area contributed by atoms with Gasteiger partial charge in [-0.2, -0.15) is 0 Å². The molecule has 6 nitrogen and oxygen atoms in total. The maximum Gasteiger partial charge on any atom is 0.191 e. The van der Waals surface area contributed by atoms with E-state index in [1.54, 1.807) is 0 Å². The van der Waals surface area contributed by atoms with E-state index in [0.717, 1.165) is 63.9 Å². The molecule has 31 heavy (non-hydrogen) atoms. The number of benzene rings is 1. The molecule has 2 aromatic rings. The first-order chi connectivity index (χ1) is 15.2. The number of likely N-dealkylation sites (N-methyl/N-ethyl adjacent to an activating group) is 1. The number of piperazine rings is 1. The van der Waals surface area contributed by atoms with Crippen LogP contribution < -0.4 is 15.5 Å². The van der Waals surface area contributed by atoms with Crippen LogP contribution in [0.5, 0.6) is 0 Å². The number of guanidine groups is 1. The van der Waals surface area contributed by atoms with Crippen molar-refractivity contribution < 1.29 is 0 Å². The van der Waals surface area contributed by atoms with Crippen LogP contribution in [0.2, 0.25) is 0 Å². The molecule has 0 spiro atoms. The highest BCUT2D eigenvalue weighted by Gasteiger charge is 2.16. The summed E-state index contributed by atoms with van der Waals surface area (Å²) in [6, 6.07) is 15.3. The lowest BCUT2D eigenvalue weighted by molar-refractivity contribution is 0.270. The molecule has 0 saturated carbocycles. The minimum absolute atomic E-state index is 0.348. The summed E-state index contributed by atoms with van der Waals surface area (Å²) < 4.78 is 0. The Labute approximate surface area is 187 Å². The number of rotatable bonds is 9. The molecule has 0 aliphatic carbocycles. The molecule has 6 heteroatoms. The van der Waals surface area contributed by atoms with Gasteiger partial charge in [-0.15, -0.1) is 0 Å². The molecule has 168 valence electrons. The Kier molecular flexibility index (Phi) is 9.16. The van der Waals surface area contributed by atoms with Crippen molar-refractivity contribution >= 4 is 11.8 Å². The second-order valence-corrected chi connectivity index (χ2v) is 8.21. The predicted octanol–water partition coefficient (Wildman–Crippen LogP) is 3.30. The minimum Gasteiger partial charge on any atom is -0.357 e. The SMILES string of the molecule is CCNC(=NCc1ccnc(N2CCN(CC)CC2)c1)NC(C)CCc1ccccc1. The molecular weight excluding hydrogens is 384 g/mol.